The van der Waals surface area contributed by atoms with Crippen molar-refractivity contribution in [1.29, 1.82) is 0 Å². The van der Waals surface area contributed by atoms with E-state index in [2.05, 4.69) is 20.0 Å². The van der Waals surface area contributed by atoms with E-state index in [1.54, 1.807) is 12.5 Å². The Kier molecular flexibility index (Phi) is 3.46. The molecule has 0 radical (unpaired) electrons. The molecular weight excluding hydrogens is 295 g/mol. The summed E-state index contributed by atoms with van der Waals surface area (Å²) in [5.41, 5.74) is 4.26. The number of hydrogen-bond donors (Lipinski definition) is 1. The van der Waals surface area contributed by atoms with E-state index >= 15 is 0 Å². The van der Waals surface area contributed by atoms with Gasteiger partial charge in [-0.25, -0.2) is 9.37 Å². The summed E-state index contributed by atoms with van der Waals surface area (Å²) < 4.78 is 18.5. The van der Waals surface area contributed by atoms with Crippen LogP contribution in [-0.4, -0.2) is 26.6 Å². The molecule has 1 atom stereocenters. The molecule has 1 aliphatic rings. The highest BCUT2D eigenvalue weighted by Crippen LogP contribution is 2.34. The molecule has 0 amide bonds. The van der Waals surface area contributed by atoms with E-state index < -0.39 is 0 Å². The summed E-state index contributed by atoms with van der Waals surface area (Å²) in [6.45, 7) is 3.53. The molecule has 6 heteroatoms. The van der Waals surface area contributed by atoms with E-state index in [-0.39, 0.29) is 11.9 Å². The summed E-state index contributed by atoms with van der Waals surface area (Å²) in [4.78, 5) is 10.1. The second kappa shape index (κ2) is 5.62. The first-order valence-electron chi connectivity index (χ1n) is 7.64. The van der Waals surface area contributed by atoms with E-state index in [0.29, 0.717) is 0 Å². The monoisotopic (exact) mass is 312 g/mol. The van der Waals surface area contributed by atoms with Crippen LogP contribution in [0, 0.1) is 12.7 Å². The molecule has 0 spiro atoms. The molecule has 1 aliphatic heterocycles. The molecule has 5 nitrogen and oxygen atoms in total. The Morgan fingerprint density at radius 2 is 2.17 bits per heavy atom. The summed E-state index contributed by atoms with van der Waals surface area (Å²) in [7, 11) is 0. The first-order valence-corrected chi connectivity index (χ1v) is 7.64. The van der Waals surface area contributed by atoms with Crippen LogP contribution in [0.15, 0.2) is 41.3 Å². The molecule has 0 bridgehead atoms. The Balaban J connectivity index is 1.73. The van der Waals surface area contributed by atoms with Crippen molar-refractivity contribution in [2.24, 2.45) is 0 Å². The van der Waals surface area contributed by atoms with Gasteiger partial charge in [0.15, 0.2) is 0 Å². The standard InChI is InChI=1S/C17H17FN4O/c1-11-13(8-21-23-11)9-22-7-6-15-16(20-10-19-15)17(22)12-2-4-14(18)5-3-12/h2-5,8,10,17H,6-7,9H2,1H3,(H,19,20). The highest BCUT2D eigenvalue weighted by atomic mass is 19.1. The number of hydrogen-bond acceptors (Lipinski definition) is 4. The van der Waals surface area contributed by atoms with Crippen molar-refractivity contribution in [2.45, 2.75) is 25.9 Å². The molecule has 0 saturated carbocycles. The Morgan fingerprint density at radius 1 is 1.35 bits per heavy atom. The van der Waals surface area contributed by atoms with Crippen molar-refractivity contribution in [3.63, 3.8) is 0 Å². The average Bonchev–Trinajstić information content (AvgIpc) is 3.18. The fraction of sp³-hybridized carbons (Fsp3) is 0.294. The van der Waals surface area contributed by atoms with E-state index in [1.165, 1.54) is 12.1 Å². The van der Waals surface area contributed by atoms with Gasteiger partial charge in [0, 0.05) is 30.8 Å². The minimum absolute atomic E-state index is 0.0000926. The third-order valence-corrected chi connectivity index (χ3v) is 4.43. The molecule has 1 unspecified atom stereocenters. The number of imidazole rings is 1. The molecule has 118 valence electrons. The lowest BCUT2D eigenvalue weighted by Crippen LogP contribution is -2.35. The molecular formula is C17H17FN4O. The first-order chi connectivity index (χ1) is 11.2. The minimum atomic E-state index is -0.228. The molecule has 3 aromatic rings. The van der Waals surface area contributed by atoms with Crippen molar-refractivity contribution < 1.29 is 8.91 Å². The van der Waals surface area contributed by atoms with Gasteiger partial charge < -0.3 is 9.51 Å². The molecule has 0 saturated heterocycles. The number of nitrogens with one attached hydrogen (secondary N) is 1. The number of fused-ring (bicyclic) bond motifs is 1. The highest BCUT2D eigenvalue weighted by Gasteiger charge is 2.31. The third kappa shape index (κ3) is 2.55. The second-order valence-electron chi connectivity index (χ2n) is 5.85. The van der Waals surface area contributed by atoms with E-state index in [0.717, 1.165) is 47.8 Å². The van der Waals surface area contributed by atoms with Gasteiger partial charge in [-0.2, -0.15) is 0 Å². The molecule has 1 aromatic carbocycles. The number of benzene rings is 1. The fourth-order valence-corrected chi connectivity index (χ4v) is 3.20. The smallest absolute Gasteiger partial charge is 0.138 e. The van der Waals surface area contributed by atoms with Crippen LogP contribution < -0.4 is 0 Å². The van der Waals surface area contributed by atoms with Gasteiger partial charge in [0.25, 0.3) is 0 Å². The largest absolute Gasteiger partial charge is 0.361 e. The van der Waals surface area contributed by atoms with Crippen LogP contribution in [0.1, 0.15) is 34.3 Å². The van der Waals surface area contributed by atoms with Gasteiger partial charge in [0.1, 0.15) is 11.6 Å². The maximum Gasteiger partial charge on any atom is 0.138 e. The lowest BCUT2D eigenvalue weighted by Gasteiger charge is -2.35. The molecule has 2 aromatic heterocycles. The highest BCUT2D eigenvalue weighted by molar-refractivity contribution is 5.33. The number of aromatic nitrogens is 3. The normalized spacial score (nSPS) is 18.1. The molecule has 0 aliphatic carbocycles. The van der Waals surface area contributed by atoms with Crippen LogP contribution >= 0.6 is 0 Å². The zero-order valence-electron chi connectivity index (χ0n) is 12.8. The zero-order valence-corrected chi connectivity index (χ0v) is 12.8. The van der Waals surface area contributed by atoms with Gasteiger partial charge in [0.2, 0.25) is 0 Å². The number of halogens is 1. The topological polar surface area (TPSA) is 58.0 Å². The predicted molar refractivity (Wildman–Crippen MR) is 82.2 cm³/mol. The summed E-state index contributed by atoms with van der Waals surface area (Å²) in [5, 5.41) is 3.86. The number of rotatable bonds is 3. The van der Waals surface area contributed by atoms with Crippen molar-refractivity contribution in [3.05, 3.63) is 70.9 Å². The second-order valence-corrected chi connectivity index (χ2v) is 5.85. The number of aryl methyl sites for hydroxylation is 1. The van der Waals surface area contributed by atoms with Crippen LogP contribution in [0.5, 0.6) is 0 Å². The maximum atomic E-state index is 13.3. The van der Waals surface area contributed by atoms with E-state index in [9.17, 15) is 4.39 Å². The van der Waals surface area contributed by atoms with Gasteiger partial charge in [-0.1, -0.05) is 17.3 Å². The van der Waals surface area contributed by atoms with Gasteiger partial charge in [0.05, 0.1) is 24.3 Å². The zero-order chi connectivity index (χ0) is 15.8. The average molecular weight is 312 g/mol. The number of H-pyrrole nitrogens is 1. The van der Waals surface area contributed by atoms with Crippen LogP contribution in [-0.2, 0) is 13.0 Å². The number of aromatic amines is 1. The van der Waals surface area contributed by atoms with Crippen molar-refractivity contribution in [2.75, 3.05) is 6.54 Å². The SMILES string of the molecule is Cc1oncc1CN1CCc2[nH]cnc2C1c1ccc(F)cc1. The number of nitrogens with zero attached hydrogens (tertiary/aromatic N) is 3. The Labute approximate surface area is 133 Å². The predicted octanol–water partition coefficient (Wildman–Crippen LogP) is 2.99. The van der Waals surface area contributed by atoms with Crippen LogP contribution in [0.4, 0.5) is 4.39 Å². The van der Waals surface area contributed by atoms with Crippen molar-refractivity contribution in [3.8, 4) is 0 Å². The van der Waals surface area contributed by atoms with Crippen LogP contribution in [0.25, 0.3) is 0 Å². The summed E-state index contributed by atoms with van der Waals surface area (Å²) >= 11 is 0. The van der Waals surface area contributed by atoms with Crippen molar-refractivity contribution >= 4 is 0 Å². The lowest BCUT2D eigenvalue weighted by molar-refractivity contribution is 0.199. The van der Waals surface area contributed by atoms with E-state index in [1.807, 2.05) is 19.1 Å². The van der Waals surface area contributed by atoms with Gasteiger partial charge in [-0.05, 0) is 24.6 Å². The molecule has 1 N–H and O–H groups in total. The summed E-state index contributed by atoms with van der Waals surface area (Å²) in [6, 6.07) is 6.66. The molecule has 4 rings (SSSR count). The molecule has 3 heterocycles. The Hall–Kier alpha value is -2.47. The quantitative estimate of drug-likeness (QED) is 0.808. The third-order valence-electron chi connectivity index (χ3n) is 4.43. The lowest BCUT2D eigenvalue weighted by atomic mass is 9.95. The minimum Gasteiger partial charge on any atom is -0.361 e. The Bertz CT molecular complexity index is 808. The van der Waals surface area contributed by atoms with Crippen LogP contribution in [0.3, 0.4) is 0 Å². The first kappa shape index (κ1) is 14.1. The summed E-state index contributed by atoms with van der Waals surface area (Å²) in [5.74, 6) is 0.601. The fourth-order valence-electron chi connectivity index (χ4n) is 3.20. The Morgan fingerprint density at radius 3 is 2.91 bits per heavy atom. The van der Waals surface area contributed by atoms with Gasteiger partial charge in [-0.3, -0.25) is 4.90 Å². The van der Waals surface area contributed by atoms with E-state index in [4.69, 9.17) is 4.52 Å². The van der Waals surface area contributed by atoms with Gasteiger partial charge >= 0.3 is 0 Å². The van der Waals surface area contributed by atoms with Crippen molar-refractivity contribution in [1.82, 2.24) is 20.0 Å². The van der Waals surface area contributed by atoms with Crippen LogP contribution in [0.2, 0.25) is 0 Å². The molecule has 0 fully saturated rings. The maximum absolute atomic E-state index is 13.3. The molecule has 23 heavy (non-hydrogen) atoms. The van der Waals surface area contributed by atoms with Gasteiger partial charge in [-0.15, -0.1) is 0 Å². The summed E-state index contributed by atoms with van der Waals surface area (Å²) in [6.07, 6.45) is 4.41.